The molecule has 152 valence electrons. The number of carbonyl (C=O) groups is 2. The molecule has 0 unspecified atom stereocenters. The molecule has 4 rings (SSSR count). The second-order valence-corrected chi connectivity index (χ2v) is 9.39. The van der Waals surface area contributed by atoms with Gasteiger partial charge in [0.05, 0.1) is 5.70 Å². The highest BCUT2D eigenvalue weighted by atomic mass is 35.6. The lowest BCUT2D eigenvalue weighted by molar-refractivity contribution is -0.121. The predicted octanol–water partition coefficient (Wildman–Crippen LogP) is 5.37. The molecule has 0 aliphatic heterocycles. The highest BCUT2D eigenvalue weighted by Gasteiger charge is 2.31. The second kappa shape index (κ2) is 7.62. The van der Waals surface area contributed by atoms with Crippen LogP contribution < -0.4 is 11.1 Å². The number of rotatable bonds is 4. The van der Waals surface area contributed by atoms with Crippen LogP contribution in [0.2, 0.25) is 0 Å². The standard InChI is InChI=1S/C23H17Cl3N2O2/c1-12(29)18(21(27)23(24,25)26)22(30)28-11-16-8-7-15-6-5-13-3-2-4-14-9-10-17(16)20(15)19(13)14/h2-10H,11,27H2,1H3,(H,28,30)/b21-18-. The van der Waals surface area contributed by atoms with E-state index in [1.807, 2.05) is 24.3 Å². The molecule has 0 spiro atoms. The van der Waals surface area contributed by atoms with E-state index in [9.17, 15) is 9.59 Å². The van der Waals surface area contributed by atoms with Gasteiger partial charge in [0, 0.05) is 6.54 Å². The normalized spacial score (nSPS) is 13.1. The number of benzene rings is 4. The molecule has 0 aromatic heterocycles. The van der Waals surface area contributed by atoms with Crippen LogP contribution in [0, 0.1) is 0 Å². The van der Waals surface area contributed by atoms with Crippen LogP contribution in [-0.2, 0) is 16.1 Å². The van der Waals surface area contributed by atoms with E-state index < -0.39 is 21.2 Å². The molecular weight excluding hydrogens is 443 g/mol. The molecule has 4 aromatic carbocycles. The summed E-state index contributed by atoms with van der Waals surface area (Å²) in [5.74, 6) is -1.26. The van der Waals surface area contributed by atoms with E-state index >= 15 is 0 Å². The molecule has 0 saturated carbocycles. The van der Waals surface area contributed by atoms with Crippen molar-refractivity contribution < 1.29 is 9.59 Å². The molecule has 1 amide bonds. The molecule has 0 saturated heterocycles. The van der Waals surface area contributed by atoms with Gasteiger partial charge in [0.15, 0.2) is 5.78 Å². The van der Waals surface area contributed by atoms with Crippen molar-refractivity contribution in [1.82, 2.24) is 5.32 Å². The van der Waals surface area contributed by atoms with Crippen LogP contribution in [0.15, 0.2) is 65.9 Å². The van der Waals surface area contributed by atoms with E-state index in [1.165, 1.54) is 12.3 Å². The lowest BCUT2D eigenvalue weighted by Gasteiger charge is -2.17. The molecule has 4 aromatic rings. The van der Waals surface area contributed by atoms with Crippen LogP contribution in [0.4, 0.5) is 0 Å². The summed E-state index contributed by atoms with van der Waals surface area (Å²) < 4.78 is -2.05. The van der Waals surface area contributed by atoms with Gasteiger partial charge in [-0.15, -0.1) is 0 Å². The fraction of sp³-hybridized carbons (Fsp3) is 0.130. The Balaban J connectivity index is 1.74. The Kier molecular flexibility index (Phi) is 5.27. The summed E-state index contributed by atoms with van der Waals surface area (Å²) in [4.78, 5) is 24.6. The van der Waals surface area contributed by atoms with Gasteiger partial charge in [0.25, 0.3) is 5.91 Å². The van der Waals surface area contributed by atoms with Gasteiger partial charge in [-0.3, -0.25) is 9.59 Å². The first-order chi connectivity index (χ1) is 14.2. The third-order valence-corrected chi connectivity index (χ3v) is 5.82. The summed E-state index contributed by atoms with van der Waals surface area (Å²) in [6, 6.07) is 18.5. The van der Waals surface area contributed by atoms with Gasteiger partial charge >= 0.3 is 0 Å². The number of allylic oxidation sites excluding steroid dienone is 1. The lowest BCUT2D eigenvalue weighted by atomic mass is 9.92. The van der Waals surface area contributed by atoms with E-state index in [2.05, 4.69) is 35.6 Å². The number of Topliss-reactive ketones (excluding diaryl/α,β-unsaturated/α-hetero) is 1. The number of hydrogen-bond donors (Lipinski definition) is 2. The van der Waals surface area contributed by atoms with Gasteiger partial charge in [-0.25, -0.2) is 0 Å². The smallest absolute Gasteiger partial charge is 0.257 e. The molecule has 0 bridgehead atoms. The van der Waals surface area contributed by atoms with Crippen LogP contribution in [-0.4, -0.2) is 15.5 Å². The van der Waals surface area contributed by atoms with Crippen LogP contribution in [0.1, 0.15) is 12.5 Å². The molecule has 0 aliphatic rings. The van der Waals surface area contributed by atoms with Crippen LogP contribution in [0.3, 0.4) is 0 Å². The predicted molar refractivity (Wildman–Crippen MR) is 124 cm³/mol. The summed E-state index contributed by atoms with van der Waals surface area (Å²) in [5, 5.41) is 9.52. The van der Waals surface area contributed by atoms with E-state index in [0.29, 0.717) is 0 Å². The van der Waals surface area contributed by atoms with Crippen LogP contribution in [0.5, 0.6) is 0 Å². The molecule has 0 aliphatic carbocycles. The third kappa shape index (κ3) is 3.56. The van der Waals surface area contributed by atoms with Crippen LogP contribution in [0.25, 0.3) is 32.3 Å². The van der Waals surface area contributed by atoms with Crippen molar-refractivity contribution >= 4 is 78.8 Å². The number of alkyl halides is 3. The summed E-state index contributed by atoms with van der Waals surface area (Å²) in [6.07, 6.45) is 0. The highest BCUT2D eigenvalue weighted by Crippen LogP contribution is 2.36. The Morgan fingerprint density at radius 1 is 0.900 bits per heavy atom. The first kappa shape index (κ1) is 20.7. The molecule has 7 heteroatoms. The maximum absolute atomic E-state index is 12.7. The Bertz CT molecular complexity index is 1320. The van der Waals surface area contributed by atoms with Crippen molar-refractivity contribution in [3.05, 3.63) is 71.4 Å². The molecule has 0 atom stereocenters. The first-order valence-corrected chi connectivity index (χ1v) is 10.3. The zero-order valence-corrected chi connectivity index (χ0v) is 18.2. The number of nitrogens with two attached hydrogens (primary N) is 1. The topological polar surface area (TPSA) is 72.2 Å². The van der Waals surface area contributed by atoms with Crippen molar-refractivity contribution in [3.8, 4) is 0 Å². The quantitative estimate of drug-likeness (QED) is 0.142. The minimum Gasteiger partial charge on any atom is -0.398 e. The van der Waals surface area contributed by atoms with E-state index in [1.54, 1.807) is 0 Å². The number of ketones is 1. The van der Waals surface area contributed by atoms with E-state index in [-0.39, 0.29) is 12.1 Å². The zero-order chi connectivity index (χ0) is 21.6. The summed E-state index contributed by atoms with van der Waals surface area (Å²) in [7, 11) is 0. The SMILES string of the molecule is CC(=O)/C(C(=O)NCc1ccc2ccc3cccc4ccc1c2c34)=C(/N)C(Cl)(Cl)Cl. The molecule has 0 radical (unpaired) electrons. The number of hydrogen-bond acceptors (Lipinski definition) is 3. The maximum atomic E-state index is 12.7. The second-order valence-electron chi connectivity index (χ2n) is 7.11. The molecule has 4 nitrogen and oxygen atoms in total. The van der Waals surface area contributed by atoms with Crippen molar-refractivity contribution in [2.24, 2.45) is 5.73 Å². The Labute approximate surface area is 187 Å². The van der Waals surface area contributed by atoms with Gasteiger partial charge in [0.1, 0.15) is 5.57 Å². The Morgan fingerprint density at radius 2 is 1.47 bits per heavy atom. The van der Waals surface area contributed by atoms with Crippen LogP contribution >= 0.6 is 34.8 Å². The van der Waals surface area contributed by atoms with Gasteiger partial charge in [-0.1, -0.05) is 89.4 Å². The minimum absolute atomic E-state index is 0.191. The monoisotopic (exact) mass is 458 g/mol. The molecule has 30 heavy (non-hydrogen) atoms. The van der Waals surface area contributed by atoms with Crippen molar-refractivity contribution in [3.63, 3.8) is 0 Å². The number of carbonyl (C=O) groups excluding carboxylic acids is 2. The van der Waals surface area contributed by atoms with Crippen molar-refractivity contribution in [2.45, 2.75) is 17.3 Å². The summed E-state index contributed by atoms with van der Waals surface area (Å²) >= 11 is 17.3. The van der Waals surface area contributed by atoms with Gasteiger partial charge in [-0.2, -0.15) is 0 Å². The maximum Gasteiger partial charge on any atom is 0.257 e. The number of amides is 1. The van der Waals surface area contributed by atoms with Gasteiger partial charge < -0.3 is 11.1 Å². The zero-order valence-electron chi connectivity index (χ0n) is 15.9. The summed E-state index contributed by atoms with van der Waals surface area (Å²) in [6.45, 7) is 1.39. The number of halogens is 3. The molecule has 3 N–H and O–H groups in total. The molecule has 0 heterocycles. The van der Waals surface area contributed by atoms with Gasteiger partial charge in [0.2, 0.25) is 3.79 Å². The summed E-state index contributed by atoms with van der Waals surface area (Å²) in [5.41, 5.74) is 5.91. The first-order valence-electron chi connectivity index (χ1n) is 9.20. The Morgan fingerprint density at radius 3 is 2.07 bits per heavy atom. The number of nitrogens with one attached hydrogen (secondary N) is 1. The lowest BCUT2D eigenvalue weighted by Crippen LogP contribution is -2.33. The van der Waals surface area contributed by atoms with Gasteiger partial charge in [-0.05, 0) is 44.8 Å². The largest absolute Gasteiger partial charge is 0.398 e. The third-order valence-electron chi connectivity index (χ3n) is 5.21. The molecular formula is C23H17Cl3N2O2. The van der Waals surface area contributed by atoms with E-state index in [0.717, 1.165) is 32.5 Å². The minimum atomic E-state index is -2.05. The average Bonchev–Trinajstić information content (AvgIpc) is 2.70. The Hall–Kier alpha value is -2.53. The van der Waals surface area contributed by atoms with Crippen molar-refractivity contribution in [1.29, 1.82) is 0 Å². The fourth-order valence-corrected chi connectivity index (χ4v) is 4.11. The van der Waals surface area contributed by atoms with E-state index in [4.69, 9.17) is 40.5 Å². The highest BCUT2D eigenvalue weighted by molar-refractivity contribution is 6.69. The fourth-order valence-electron chi connectivity index (χ4n) is 3.83. The van der Waals surface area contributed by atoms with Crippen molar-refractivity contribution in [2.75, 3.05) is 0 Å². The average molecular weight is 460 g/mol. The molecule has 0 fully saturated rings.